The number of fused-ring (bicyclic) bond motifs is 1. The Morgan fingerprint density at radius 3 is 2.48 bits per heavy atom. The van der Waals surface area contributed by atoms with E-state index in [9.17, 15) is 21.6 Å². The first-order valence-corrected chi connectivity index (χ1v) is 11.2. The molecular weight excluding hydrogens is 425 g/mol. The Morgan fingerprint density at radius 1 is 1.03 bits per heavy atom. The molecule has 0 amide bonds. The van der Waals surface area contributed by atoms with Crippen LogP contribution in [0, 0.1) is 0 Å². The van der Waals surface area contributed by atoms with E-state index < -0.39 is 26.8 Å². The molecule has 0 saturated carbocycles. The third-order valence-corrected chi connectivity index (χ3v) is 7.87. The van der Waals surface area contributed by atoms with Crippen LogP contribution >= 0.6 is 11.6 Å². The third kappa shape index (κ3) is 4.03. The molecule has 2 aromatic rings. The Morgan fingerprint density at radius 2 is 1.76 bits per heavy atom. The van der Waals surface area contributed by atoms with Gasteiger partial charge in [-0.3, -0.25) is 4.90 Å². The van der Waals surface area contributed by atoms with Gasteiger partial charge in [0.15, 0.2) is 0 Å². The summed E-state index contributed by atoms with van der Waals surface area (Å²) < 4.78 is 66.5. The molecule has 0 aliphatic carbocycles. The molecule has 4 rings (SSSR count). The molecule has 2 aliphatic rings. The Hall–Kier alpha value is -1.61. The van der Waals surface area contributed by atoms with Gasteiger partial charge in [-0.15, -0.1) is 0 Å². The smallest absolute Gasteiger partial charge is 0.294 e. The Balaban J connectivity index is 1.52. The molecule has 0 spiro atoms. The van der Waals surface area contributed by atoms with Crippen LogP contribution in [-0.2, 0) is 29.2 Å². The maximum atomic E-state index is 13.1. The number of benzene rings is 2. The monoisotopic (exact) mass is 444 g/mol. The van der Waals surface area contributed by atoms with Crippen molar-refractivity contribution < 1.29 is 21.6 Å². The highest BCUT2D eigenvalue weighted by Gasteiger charge is 2.38. The standard InChI is InChI=1S/C20H20ClF3N2O2S/c21-19-6-5-17(11-18(19)20(22,23)24)29(27,28)26-10-8-16(13-26)25-9-7-14-3-1-2-4-15(14)12-25/h1-6,11,16H,7-10,12-13H2. The van der Waals surface area contributed by atoms with E-state index in [-0.39, 0.29) is 24.0 Å². The summed E-state index contributed by atoms with van der Waals surface area (Å²) in [6.07, 6.45) is -3.15. The van der Waals surface area contributed by atoms with E-state index in [0.29, 0.717) is 12.5 Å². The Labute approximate surface area is 172 Å². The lowest BCUT2D eigenvalue weighted by Crippen LogP contribution is -2.41. The molecule has 2 aromatic carbocycles. The fraction of sp³-hybridized carbons (Fsp3) is 0.400. The van der Waals surface area contributed by atoms with Crippen LogP contribution in [0.4, 0.5) is 13.2 Å². The number of nitrogens with zero attached hydrogens (tertiary/aromatic N) is 2. The van der Waals surface area contributed by atoms with Gasteiger partial charge in [-0.05, 0) is 42.2 Å². The maximum absolute atomic E-state index is 13.1. The van der Waals surface area contributed by atoms with Gasteiger partial charge in [0.2, 0.25) is 10.0 Å². The molecule has 156 valence electrons. The summed E-state index contributed by atoms with van der Waals surface area (Å²) in [5.74, 6) is 0. The summed E-state index contributed by atoms with van der Waals surface area (Å²) in [7, 11) is -4.02. The highest BCUT2D eigenvalue weighted by molar-refractivity contribution is 7.89. The minimum atomic E-state index is -4.71. The summed E-state index contributed by atoms with van der Waals surface area (Å²) in [5, 5.41) is -0.511. The molecular formula is C20H20ClF3N2O2S. The molecule has 2 aliphatic heterocycles. The van der Waals surface area contributed by atoms with Crippen molar-refractivity contribution in [2.24, 2.45) is 0 Å². The van der Waals surface area contributed by atoms with Gasteiger partial charge in [0, 0.05) is 32.2 Å². The molecule has 1 fully saturated rings. The Kier molecular flexibility index (Phi) is 5.40. The van der Waals surface area contributed by atoms with Crippen LogP contribution in [0.3, 0.4) is 0 Å². The molecule has 0 aromatic heterocycles. The maximum Gasteiger partial charge on any atom is 0.417 e. The van der Waals surface area contributed by atoms with E-state index in [1.807, 2.05) is 12.1 Å². The fourth-order valence-electron chi connectivity index (χ4n) is 4.09. The minimum absolute atomic E-state index is 0.0486. The first-order valence-electron chi connectivity index (χ1n) is 9.34. The van der Waals surface area contributed by atoms with E-state index in [4.69, 9.17) is 11.6 Å². The molecule has 2 heterocycles. The summed E-state index contributed by atoms with van der Waals surface area (Å²) in [4.78, 5) is 1.89. The average Bonchev–Trinajstić information content (AvgIpc) is 3.18. The molecule has 1 unspecified atom stereocenters. The average molecular weight is 445 g/mol. The van der Waals surface area contributed by atoms with E-state index in [1.54, 1.807) is 0 Å². The quantitative estimate of drug-likeness (QED) is 0.713. The van der Waals surface area contributed by atoms with Crippen molar-refractivity contribution in [2.45, 2.75) is 36.5 Å². The zero-order valence-corrected chi connectivity index (χ0v) is 17.1. The van der Waals surface area contributed by atoms with Gasteiger partial charge in [-0.25, -0.2) is 8.42 Å². The van der Waals surface area contributed by atoms with E-state index in [1.165, 1.54) is 15.4 Å². The van der Waals surface area contributed by atoms with Crippen LogP contribution in [0.2, 0.25) is 5.02 Å². The minimum Gasteiger partial charge on any atom is -0.294 e. The van der Waals surface area contributed by atoms with Crippen LogP contribution in [0.25, 0.3) is 0 Å². The second kappa shape index (κ2) is 7.58. The van der Waals surface area contributed by atoms with Crippen molar-refractivity contribution >= 4 is 21.6 Å². The van der Waals surface area contributed by atoms with Crippen LogP contribution < -0.4 is 0 Å². The third-order valence-electron chi connectivity index (χ3n) is 5.68. The van der Waals surface area contributed by atoms with E-state index in [0.717, 1.165) is 31.6 Å². The first kappa shape index (κ1) is 20.7. The normalized spacial score (nSPS) is 21.3. The molecule has 9 heteroatoms. The lowest BCUT2D eigenvalue weighted by Gasteiger charge is -2.33. The molecule has 0 N–H and O–H groups in total. The zero-order valence-electron chi connectivity index (χ0n) is 15.5. The largest absolute Gasteiger partial charge is 0.417 e. The van der Waals surface area contributed by atoms with Gasteiger partial charge in [-0.1, -0.05) is 35.9 Å². The van der Waals surface area contributed by atoms with Gasteiger partial charge in [0.1, 0.15) is 0 Å². The summed E-state index contributed by atoms with van der Waals surface area (Å²) >= 11 is 5.62. The number of halogens is 4. The van der Waals surface area contributed by atoms with Gasteiger partial charge in [-0.2, -0.15) is 17.5 Å². The van der Waals surface area contributed by atoms with Crippen LogP contribution in [0.1, 0.15) is 23.1 Å². The molecule has 1 atom stereocenters. The van der Waals surface area contributed by atoms with Crippen molar-refractivity contribution in [2.75, 3.05) is 19.6 Å². The number of rotatable bonds is 3. The van der Waals surface area contributed by atoms with Crippen molar-refractivity contribution in [1.82, 2.24) is 9.21 Å². The second-order valence-electron chi connectivity index (χ2n) is 7.43. The highest BCUT2D eigenvalue weighted by Crippen LogP contribution is 2.37. The number of alkyl halides is 3. The lowest BCUT2D eigenvalue weighted by molar-refractivity contribution is -0.137. The predicted octanol–water partition coefficient (Wildman–Crippen LogP) is 4.18. The summed E-state index contributed by atoms with van der Waals surface area (Å²) in [6.45, 7) is 2.16. The second-order valence-corrected chi connectivity index (χ2v) is 9.78. The van der Waals surface area contributed by atoms with Crippen molar-refractivity contribution in [3.8, 4) is 0 Å². The fourth-order valence-corrected chi connectivity index (χ4v) is 5.83. The van der Waals surface area contributed by atoms with Gasteiger partial charge in [0.05, 0.1) is 15.5 Å². The van der Waals surface area contributed by atoms with Gasteiger partial charge >= 0.3 is 6.18 Å². The topological polar surface area (TPSA) is 40.6 Å². The number of sulfonamides is 1. The zero-order chi connectivity index (χ0) is 20.8. The summed E-state index contributed by atoms with van der Waals surface area (Å²) in [5.41, 5.74) is 1.42. The van der Waals surface area contributed by atoms with Crippen molar-refractivity contribution in [1.29, 1.82) is 0 Å². The first-order chi connectivity index (χ1) is 13.7. The van der Waals surface area contributed by atoms with Gasteiger partial charge < -0.3 is 0 Å². The molecule has 29 heavy (non-hydrogen) atoms. The van der Waals surface area contributed by atoms with Crippen LogP contribution in [-0.4, -0.2) is 43.3 Å². The molecule has 1 saturated heterocycles. The van der Waals surface area contributed by atoms with E-state index in [2.05, 4.69) is 17.0 Å². The number of hydrogen-bond donors (Lipinski definition) is 0. The predicted molar refractivity (Wildman–Crippen MR) is 104 cm³/mol. The SMILES string of the molecule is O=S(=O)(c1ccc(Cl)c(C(F)(F)F)c1)N1CCC(N2CCc3ccccc3C2)C1. The van der Waals surface area contributed by atoms with Crippen LogP contribution in [0.5, 0.6) is 0 Å². The van der Waals surface area contributed by atoms with Crippen molar-refractivity contribution in [3.63, 3.8) is 0 Å². The molecule has 4 nitrogen and oxygen atoms in total. The van der Waals surface area contributed by atoms with Crippen molar-refractivity contribution in [3.05, 3.63) is 64.2 Å². The summed E-state index contributed by atoms with van der Waals surface area (Å²) in [6, 6.07) is 11.0. The lowest BCUT2D eigenvalue weighted by atomic mass is 9.98. The number of hydrogen-bond acceptors (Lipinski definition) is 3. The van der Waals surface area contributed by atoms with Gasteiger partial charge in [0.25, 0.3) is 0 Å². The molecule has 0 radical (unpaired) electrons. The Bertz CT molecular complexity index is 1030. The van der Waals surface area contributed by atoms with Crippen LogP contribution in [0.15, 0.2) is 47.4 Å². The molecule has 0 bridgehead atoms. The van der Waals surface area contributed by atoms with E-state index >= 15 is 0 Å². The highest BCUT2D eigenvalue weighted by atomic mass is 35.5.